The van der Waals surface area contributed by atoms with E-state index in [2.05, 4.69) is 10.2 Å². The van der Waals surface area contributed by atoms with Crippen LogP contribution in [-0.2, 0) is 16.1 Å². The van der Waals surface area contributed by atoms with Crippen molar-refractivity contribution in [3.63, 3.8) is 0 Å². The number of methoxy groups -OCH3 is 1. The second kappa shape index (κ2) is 6.80. The lowest BCUT2D eigenvalue weighted by Crippen LogP contribution is -2.18. The van der Waals surface area contributed by atoms with Gasteiger partial charge in [0.05, 0.1) is 29.6 Å². The standard InChI is InChI=1S/C16H16N2O4/c1-10-13(15(19)21-3)14(11(2)18-17-10)16(20)22-9-12-7-5-4-6-8-12/h4-8H,9H2,1-3H3. The molecule has 22 heavy (non-hydrogen) atoms. The predicted molar refractivity (Wildman–Crippen MR) is 78.4 cm³/mol. The molecule has 0 N–H and O–H groups in total. The zero-order chi connectivity index (χ0) is 16.1. The van der Waals surface area contributed by atoms with E-state index >= 15 is 0 Å². The zero-order valence-corrected chi connectivity index (χ0v) is 12.6. The molecule has 114 valence electrons. The van der Waals surface area contributed by atoms with Gasteiger partial charge in [0.1, 0.15) is 6.61 Å². The summed E-state index contributed by atoms with van der Waals surface area (Å²) in [6.45, 7) is 3.30. The number of esters is 2. The maximum absolute atomic E-state index is 12.3. The highest BCUT2D eigenvalue weighted by Gasteiger charge is 2.25. The van der Waals surface area contributed by atoms with Crippen LogP contribution in [0, 0.1) is 13.8 Å². The van der Waals surface area contributed by atoms with Crippen molar-refractivity contribution in [2.45, 2.75) is 20.5 Å². The van der Waals surface area contributed by atoms with Gasteiger partial charge in [-0.15, -0.1) is 0 Å². The van der Waals surface area contributed by atoms with Crippen LogP contribution < -0.4 is 0 Å². The molecule has 0 atom stereocenters. The van der Waals surface area contributed by atoms with E-state index < -0.39 is 11.9 Å². The molecule has 0 aliphatic rings. The van der Waals surface area contributed by atoms with Crippen LogP contribution in [0.1, 0.15) is 37.7 Å². The summed E-state index contributed by atoms with van der Waals surface area (Å²) in [7, 11) is 1.25. The summed E-state index contributed by atoms with van der Waals surface area (Å²) in [5, 5.41) is 7.72. The molecule has 0 saturated heterocycles. The fraction of sp³-hybridized carbons (Fsp3) is 0.250. The fourth-order valence-corrected chi connectivity index (χ4v) is 2.01. The molecule has 0 aliphatic carbocycles. The van der Waals surface area contributed by atoms with E-state index in [1.807, 2.05) is 30.3 Å². The molecule has 1 aromatic carbocycles. The van der Waals surface area contributed by atoms with Crippen LogP contribution in [0.25, 0.3) is 0 Å². The summed E-state index contributed by atoms with van der Waals surface area (Å²) in [6.07, 6.45) is 0. The number of rotatable bonds is 4. The average Bonchev–Trinajstić information content (AvgIpc) is 2.54. The van der Waals surface area contributed by atoms with Crippen molar-refractivity contribution in [1.29, 1.82) is 0 Å². The largest absolute Gasteiger partial charge is 0.465 e. The summed E-state index contributed by atoms with van der Waals surface area (Å²) in [5.74, 6) is -1.26. The third-order valence-corrected chi connectivity index (χ3v) is 3.13. The first-order valence-corrected chi connectivity index (χ1v) is 6.67. The Balaban J connectivity index is 2.29. The minimum Gasteiger partial charge on any atom is -0.465 e. The van der Waals surface area contributed by atoms with Crippen molar-refractivity contribution in [2.75, 3.05) is 7.11 Å². The average molecular weight is 300 g/mol. The van der Waals surface area contributed by atoms with Crippen LogP contribution in [-0.4, -0.2) is 29.2 Å². The van der Waals surface area contributed by atoms with E-state index in [4.69, 9.17) is 9.47 Å². The summed E-state index contributed by atoms with van der Waals surface area (Å²) in [5.41, 5.74) is 1.68. The number of nitrogens with zero attached hydrogens (tertiary/aromatic N) is 2. The molecular weight excluding hydrogens is 284 g/mol. The lowest BCUT2D eigenvalue weighted by molar-refractivity contribution is 0.0455. The molecule has 0 saturated carbocycles. The zero-order valence-electron chi connectivity index (χ0n) is 12.6. The van der Waals surface area contributed by atoms with Gasteiger partial charge in [0.25, 0.3) is 0 Å². The second-order valence-corrected chi connectivity index (χ2v) is 4.67. The lowest BCUT2D eigenvalue weighted by Gasteiger charge is -2.11. The molecule has 2 aromatic rings. The number of hydrogen-bond donors (Lipinski definition) is 0. The van der Waals surface area contributed by atoms with Crippen molar-refractivity contribution >= 4 is 11.9 Å². The first-order chi connectivity index (χ1) is 10.5. The first kappa shape index (κ1) is 15.6. The summed E-state index contributed by atoms with van der Waals surface area (Å²) in [6, 6.07) is 9.27. The van der Waals surface area contributed by atoms with Gasteiger partial charge in [0.2, 0.25) is 0 Å². The molecule has 1 heterocycles. The van der Waals surface area contributed by atoms with Gasteiger partial charge in [-0.25, -0.2) is 9.59 Å². The highest BCUT2D eigenvalue weighted by atomic mass is 16.5. The predicted octanol–water partition coefficient (Wildman–Crippen LogP) is 2.24. The topological polar surface area (TPSA) is 78.4 Å². The Hall–Kier alpha value is -2.76. The van der Waals surface area contributed by atoms with E-state index in [9.17, 15) is 9.59 Å². The van der Waals surface area contributed by atoms with E-state index in [0.29, 0.717) is 11.4 Å². The van der Waals surface area contributed by atoms with Crippen LogP contribution in [0.5, 0.6) is 0 Å². The smallest absolute Gasteiger partial charge is 0.341 e. The third-order valence-electron chi connectivity index (χ3n) is 3.13. The van der Waals surface area contributed by atoms with Crippen molar-refractivity contribution < 1.29 is 19.1 Å². The Morgan fingerprint density at radius 1 is 0.955 bits per heavy atom. The Bertz CT molecular complexity index is 699. The molecule has 0 fully saturated rings. The van der Waals surface area contributed by atoms with Crippen LogP contribution in [0.15, 0.2) is 30.3 Å². The molecule has 6 heteroatoms. The van der Waals surface area contributed by atoms with Gasteiger partial charge in [-0.2, -0.15) is 10.2 Å². The summed E-state index contributed by atoms with van der Waals surface area (Å²) < 4.78 is 9.98. The quantitative estimate of drug-likeness (QED) is 0.806. The van der Waals surface area contributed by atoms with E-state index in [1.165, 1.54) is 7.11 Å². The molecule has 1 aromatic heterocycles. The van der Waals surface area contributed by atoms with Gasteiger partial charge in [0.15, 0.2) is 0 Å². The van der Waals surface area contributed by atoms with Crippen LogP contribution >= 0.6 is 0 Å². The Kier molecular flexibility index (Phi) is 4.83. The number of aryl methyl sites for hydroxylation is 2. The minimum atomic E-state index is -0.637. The minimum absolute atomic E-state index is 0.0908. The maximum atomic E-state index is 12.3. The molecule has 2 rings (SSSR count). The first-order valence-electron chi connectivity index (χ1n) is 6.67. The number of carbonyl (C=O) groups is 2. The SMILES string of the molecule is COC(=O)c1c(C)nnc(C)c1C(=O)OCc1ccccc1. The van der Waals surface area contributed by atoms with Gasteiger partial charge in [-0.1, -0.05) is 30.3 Å². The van der Waals surface area contributed by atoms with Gasteiger partial charge in [0, 0.05) is 0 Å². The molecular formula is C16H16N2O4. The van der Waals surface area contributed by atoms with Crippen molar-refractivity contribution in [2.24, 2.45) is 0 Å². The number of hydrogen-bond acceptors (Lipinski definition) is 6. The lowest BCUT2D eigenvalue weighted by atomic mass is 10.1. The normalized spacial score (nSPS) is 10.1. The summed E-state index contributed by atoms with van der Waals surface area (Å²) >= 11 is 0. The van der Waals surface area contributed by atoms with Crippen molar-refractivity contribution in [3.8, 4) is 0 Å². The highest BCUT2D eigenvalue weighted by Crippen LogP contribution is 2.18. The Morgan fingerprint density at radius 3 is 2.05 bits per heavy atom. The highest BCUT2D eigenvalue weighted by molar-refractivity contribution is 6.04. The van der Waals surface area contributed by atoms with Crippen molar-refractivity contribution in [3.05, 3.63) is 58.4 Å². The van der Waals surface area contributed by atoms with Gasteiger partial charge in [-0.05, 0) is 19.4 Å². The van der Waals surface area contributed by atoms with Crippen LogP contribution in [0.2, 0.25) is 0 Å². The number of ether oxygens (including phenoxy) is 2. The number of benzene rings is 1. The Labute approximate surface area is 128 Å². The van der Waals surface area contributed by atoms with Gasteiger partial charge < -0.3 is 9.47 Å². The Morgan fingerprint density at radius 2 is 1.50 bits per heavy atom. The molecule has 0 aliphatic heterocycles. The van der Waals surface area contributed by atoms with Crippen LogP contribution in [0.3, 0.4) is 0 Å². The molecule has 0 bridgehead atoms. The molecule has 0 spiro atoms. The number of carbonyl (C=O) groups excluding carboxylic acids is 2. The second-order valence-electron chi connectivity index (χ2n) is 4.67. The van der Waals surface area contributed by atoms with Gasteiger partial charge in [-0.3, -0.25) is 0 Å². The maximum Gasteiger partial charge on any atom is 0.341 e. The van der Waals surface area contributed by atoms with Crippen LogP contribution in [0.4, 0.5) is 0 Å². The van der Waals surface area contributed by atoms with E-state index in [-0.39, 0.29) is 17.7 Å². The van der Waals surface area contributed by atoms with E-state index in [0.717, 1.165) is 5.56 Å². The third kappa shape index (κ3) is 3.28. The summed E-state index contributed by atoms with van der Waals surface area (Å²) in [4.78, 5) is 24.2. The van der Waals surface area contributed by atoms with Gasteiger partial charge >= 0.3 is 11.9 Å². The fourth-order valence-electron chi connectivity index (χ4n) is 2.01. The number of aromatic nitrogens is 2. The molecule has 0 radical (unpaired) electrons. The monoisotopic (exact) mass is 300 g/mol. The molecule has 0 unspecified atom stereocenters. The molecule has 6 nitrogen and oxygen atoms in total. The van der Waals surface area contributed by atoms with Crippen molar-refractivity contribution in [1.82, 2.24) is 10.2 Å². The van der Waals surface area contributed by atoms with E-state index in [1.54, 1.807) is 13.8 Å². The molecule has 0 amide bonds.